The van der Waals surface area contributed by atoms with E-state index >= 15 is 0 Å². The Labute approximate surface area is 259 Å². The molecule has 11 aliphatic rings. The lowest BCUT2D eigenvalue weighted by molar-refractivity contribution is -0.254. The maximum absolute atomic E-state index is 1.75. The Bertz CT molecular complexity index is 1040. The molecule has 0 amide bonds. The van der Waals surface area contributed by atoms with E-state index in [1.54, 1.807) is 141 Å². The van der Waals surface area contributed by atoms with Crippen molar-refractivity contribution in [2.75, 3.05) is 0 Å². The van der Waals surface area contributed by atoms with Gasteiger partial charge in [0, 0.05) is 0 Å². The summed E-state index contributed by atoms with van der Waals surface area (Å²) in [7, 11) is 0. The molecule has 0 bridgehead atoms. The van der Waals surface area contributed by atoms with Gasteiger partial charge in [-0.05, 0) is 208 Å². The third-order valence-corrected chi connectivity index (χ3v) is 19.5. The second-order valence-electron chi connectivity index (χ2n) is 19.7. The van der Waals surface area contributed by atoms with E-state index in [1.165, 1.54) is 82.9 Å². The van der Waals surface area contributed by atoms with Crippen LogP contribution < -0.4 is 0 Å². The largest absolute Gasteiger partial charge is 0.0530 e. The van der Waals surface area contributed by atoms with Gasteiger partial charge >= 0.3 is 0 Å². The Morgan fingerprint density at radius 1 is 0.167 bits per heavy atom. The van der Waals surface area contributed by atoms with Gasteiger partial charge in [0.25, 0.3) is 0 Å². The van der Waals surface area contributed by atoms with Gasteiger partial charge in [0.1, 0.15) is 0 Å². The maximum Gasteiger partial charge on any atom is -0.0315 e. The van der Waals surface area contributed by atoms with Crippen molar-refractivity contribution in [2.24, 2.45) is 118 Å². The molecule has 0 radical (unpaired) electrons. The summed E-state index contributed by atoms with van der Waals surface area (Å²) in [5.74, 6) is 23.5. The van der Waals surface area contributed by atoms with Crippen molar-refractivity contribution in [1.29, 1.82) is 0 Å². The van der Waals surface area contributed by atoms with Crippen LogP contribution in [0.2, 0.25) is 0 Å². The summed E-state index contributed by atoms with van der Waals surface area (Å²) in [6.07, 6.45) is 36.2. The van der Waals surface area contributed by atoms with Gasteiger partial charge in [0.15, 0.2) is 0 Å². The smallest absolute Gasteiger partial charge is 0.0315 e. The third kappa shape index (κ3) is 3.39. The van der Waals surface area contributed by atoms with Crippen LogP contribution in [-0.2, 0) is 0 Å². The zero-order valence-electron chi connectivity index (χ0n) is 27.1. The van der Waals surface area contributed by atoms with Crippen LogP contribution in [0.1, 0.15) is 141 Å². The molecule has 0 aromatic rings. The van der Waals surface area contributed by atoms with Crippen molar-refractivity contribution in [3.63, 3.8) is 0 Å². The highest BCUT2D eigenvalue weighted by Gasteiger charge is 2.69. The predicted octanol–water partition coefficient (Wildman–Crippen LogP) is 11.0. The molecule has 0 heteroatoms. The summed E-state index contributed by atoms with van der Waals surface area (Å²) >= 11 is 0. The molecule has 42 heavy (non-hydrogen) atoms. The molecule has 0 aromatic heterocycles. The molecule has 11 rings (SSSR count). The van der Waals surface area contributed by atoms with Crippen molar-refractivity contribution in [1.82, 2.24) is 0 Å². The fraction of sp³-hybridized carbons (Fsp3) is 1.00. The molecule has 0 nitrogen and oxygen atoms in total. The van der Waals surface area contributed by atoms with E-state index in [-0.39, 0.29) is 0 Å². The standard InChI is InChI=1S/C42H64/c1-5-13-27-23(9-1)24-10-2-6-14-28(24)36-22-38-34-20-19-33-26-12-4-3-11-25(26)29-15-7-16-30-31-17-8-18-32(37(38)21-35(27)36)40(31)42(34)41(33)39(29)30/h23-42H,1-22H2. The van der Waals surface area contributed by atoms with Crippen molar-refractivity contribution < 1.29 is 0 Å². The van der Waals surface area contributed by atoms with Gasteiger partial charge in [0.2, 0.25) is 0 Å². The quantitative estimate of drug-likeness (QED) is 0.273. The lowest BCUT2D eigenvalue weighted by Gasteiger charge is -2.73. The summed E-state index contributed by atoms with van der Waals surface area (Å²) in [4.78, 5) is 0. The Hall–Kier alpha value is 0. The Balaban J connectivity index is 0.998. The third-order valence-electron chi connectivity index (χ3n) is 19.5. The summed E-state index contributed by atoms with van der Waals surface area (Å²) in [5, 5.41) is 0. The van der Waals surface area contributed by atoms with Crippen LogP contribution in [0.15, 0.2) is 0 Å². The number of hydrogen-bond acceptors (Lipinski definition) is 0. The van der Waals surface area contributed by atoms with Crippen LogP contribution in [0.4, 0.5) is 0 Å². The van der Waals surface area contributed by atoms with Crippen molar-refractivity contribution in [2.45, 2.75) is 141 Å². The van der Waals surface area contributed by atoms with Gasteiger partial charge in [-0.2, -0.15) is 0 Å². The molecule has 0 saturated heterocycles. The molecular formula is C42H64. The lowest BCUT2D eigenvalue weighted by atomic mass is 9.31. The molecule has 11 fully saturated rings. The minimum atomic E-state index is 1.16. The molecule has 0 heterocycles. The number of rotatable bonds is 0. The molecule has 20 unspecified atom stereocenters. The van der Waals surface area contributed by atoms with Crippen LogP contribution in [-0.4, -0.2) is 0 Å². The van der Waals surface area contributed by atoms with Crippen LogP contribution in [0, 0.1) is 118 Å². The van der Waals surface area contributed by atoms with Crippen LogP contribution in [0.25, 0.3) is 0 Å². The molecule has 0 aromatic carbocycles. The van der Waals surface area contributed by atoms with E-state index in [1.807, 2.05) is 0 Å². The van der Waals surface area contributed by atoms with Crippen LogP contribution in [0.3, 0.4) is 0 Å². The van der Waals surface area contributed by atoms with Gasteiger partial charge in [-0.3, -0.25) is 0 Å². The van der Waals surface area contributed by atoms with E-state index in [4.69, 9.17) is 0 Å². The van der Waals surface area contributed by atoms with Crippen molar-refractivity contribution >= 4 is 0 Å². The first kappa shape index (κ1) is 26.1. The van der Waals surface area contributed by atoms with E-state index in [0.717, 1.165) is 35.5 Å². The molecule has 20 atom stereocenters. The van der Waals surface area contributed by atoms with E-state index in [2.05, 4.69) is 0 Å². The average Bonchev–Trinajstić information content (AvgIpc) is 3.07. The Morgan fingerprint density at radius 2 is 0.405 bits per heavy atom. The van der Waals surface area contributed by atoms with Gasteiger partial charge in [0.05, 0.1) is 0 Å². The normalized spacial score (nSPS) is 64.0. The summed E-state index contributed by atoms with van der Waals surface area (Å²) < 4.78 is 0. The van der Waals surface area contributed by atoms with E-state index in [0.29, 0.717) is 0 Å². The molecule has 11 saturated carbocycles. The minimum absolute atomic E-state index is 1.16. The monoisotopic (exact) mass is 569 g/mol. The molecule has 11 aliphatic carbocycles. The molecule has 0 N–H and O–H groups in total. The molecule has 232 valence electrons. The second-order valence-corrected chi connectivity index (χ2v) is 19.7. The minimum Gasteiger partial charge on any atom is -0.0530 e. The van der Waals surface area contributed by atoms with Crippen LogP contribution >= 0.6 is 0 Å². The van der Waals surface area contributed by atoms with Crippen molar-refractivity contribution in [3.05, 3.63) is 0 Å². The highest BCUT2D eigenvalue weighted by atomic mass is 14.7. The van der Waals surface area contributed by atoms with Gasteiger partial charge in [-0.25, -0.2) is 0 Å². The zero-order chi connectivity index (χ0) is 27.1. The number of fused-ring (bicyclic) bond motifs is 13. The summed E-state index contributed by atoms with van der Waals surface area (Å²) in [6.45, 7) is 0. The zero-order valence-corrected chi connectivity index (χ0v) is 27.1. The number of hydrogen-bond donors (Lipinski definition) is 0. The highest BCUT2D eigenvalue weighted by Crippen LogP contribution is 2.75. The van der Waals surface area contributed by atoms with E-state index in [9.17, 15) is 0 Å². The molecular weight excluding hydrogens is 504 g/mol. The van der Waals surface area contributed by atoms with Crippen LogP contribution in [0.5, 0.6) is 0 Å². The molecule has 0 spiro atoms. The first-order valence-corrected chi connectivity index (χ1v) is 20.9. The average molecular weight is 569 g/mol. The summed E-state index contributed by atoms with van der Waals surface area (Å²) in [5.41, 5.74) is 0. The first-order chi connectivity index (χ1) is 20.9. The fourth-order valence-electron chi connectivity index (χ4n) is 19.2. The fourth-order valence-corrected chi connectivity index (χ4v) is 19.2. The second kappa shape index (κ2) is 9.76. The summed E-state index contributed by atoms with van der Waals surface area (Å²) in [6, 6.07) is 0. The Kier molecular flexibility index (Phi) is 6.07. The Morgan fingerprint density at radius 3 is 0.833 bits per heavy atom. The van der Waals surface area contributed by atoms with Gasteiger partial charge in [-0.15, -0.1) is 0 Å². The SMILES string of the molecule is C1CCC2C(C1)C1CCCCC1C1CC3C(CC21)C1CCCC2C4CCCC5C6CCCCC6C6CCC3C(C12)C6C54. The predicted molar refractivity (Wildman–Crippen MR) is 171 cm³/mol. The molecule has 0 aliphatic heterocycles. The lowest BCUT2D eigenvalue weighted by Crippen LogP contribution is -2.68. The maximum atomic E-state index is 1.75. The van der Waals surface area contributed by atoms with Crippen molar-refractivity contribution in [3.8, 4) is 0 Å². The van der Waals surface area contributed by atoms with Gasteiger partial charge in [-0.1, -0.05) is 51.4 Å². The highest BCUT2D eigenvalue weighted by molar-refractivity contribution is 5.17. The first-order valence-electron chi connectivity index (χ1n) is 20.9. The topological polar surface area (TPSA) is 0 Å². The van der Waals surface area contributed by atoms with E-state index < -0.39 is 0 Å². The van der Waals surface area contributed by atoms with Gasteiger partial charge < -0.3 is 0 Å².